The van der Waals surface area contributed by atoms with Gasteiger partial charge in [0.2, 0.25) is 0 Å². The minimum atomic E-state index is -0.587. The first kappa shape index (κ1) is 14.5. The van der Waals surface area contributed by atoms with Gasteiger partial charge in [0.15, 0.2) is 0 Å². The molecule has 0 spiro atoms. The molecule has 107 valence electrons. The Bertz CT molecular complexity index is 615. The zero-order chi connectivity index (χ0) is 14.8. The van der Waals surface area contributed by atoms with Gasteiger partial charge in [0.1, 0.15) is 0 Å². The standard InChI is InChI=1S/C15H17N3O2.In/c1-3-5-9(2)17-13-12(14(19)18-15(13)20)10-6-4-7-11(16)8-10;/h2,4,6-8,12-13,17H,1,3,5,16H2,(H,18,19,20);. The number of anilines is 1. The van der Waals surface area contributed by atoms with Gasteiger partial charge < -0.3 is 0 Å². The van der Waals surface area contributed by atoms with E-state index >= 15 is 0 Å². The van der Waals surface area contributed by atoms with Crippen LogP contribution >= 0.6 is 0 Å². The number of nitrogens with one attached hydrogen (secondary N) is 2. The van der Waals surface area contributed by atoms with Crippen LogP contribution in [0.3, 0.4) is 0 Å². The zero-order valence-electron chi connectivity index (χ0n) is 11.6. The molecule has 0 aliphatic carbocycles. The maximum atomic E-state index is 12.1. The SMILES string of the molecule is Nc1cccc(C2C(=O)NC(=O)C2NC2=[CH][In][CH2]CC2)c1. The van der Waals surface area contributed by atoms with E-state index in [9.17, 15) is 9.59 Å². The van der Waals surface area contributed by atoms with Crippen LogP contribution in [0.1, 0.15) is 24.3 Å². The second-order valence-corrected chi connectivity index (χ2v) is 9.39. The Labute approximate surface area is 134 Å². The molecule has 2 unspecified atom stereocenters. The van der Waals surface area contributed by atoms with E-state index in [0.29, 0.717) is 5.69 Å². The molecule has 6 heteroatoms. The van der Waals surface area contributed by atoms with Gasteiger partial charge in [-0.15, -0.1) is 0 Å². The van der Waals surface area contributed by atoms with Crippen molar-refractivity contribution in [1.82, 2.24) is 10.6 Å². The zero-order valence-corrected chi connectivity index (χ0v) is 14.9. The first-order valence-corrected chi connectivity index (χ1v) is 11.4. The summed E-state index contributed by atoms with van der Waals surface area (Å²) in [4.78, 5) is 24.2. The second-order valence-electron chi connectivity index (χ2n) is 5.44. The molecular weight excluding hydrogens is 369 g/mol. The number of benzene rings is 1. The Morgan fingerprint density at radius 1 is 1.29 bits per heavy atom. The van der Waals surface area contributed by atoms with Gasteiger partial charge in [-0.1, -0.05) is 0 Å². The number of carbonyl (C=O) groups is 2. The van der Waals surface area contributed by atoms with E-state index < -0.39 is 34.9 Å². The van der Waals surface area contributed by atoms with Crippen molar-refractivity contribution >= 4 is 40.4 Å². The summed E-state index contributed by atoms with van der Waals surface area (Å²) < 4.78 is 3.68. The minimum absolute atomic E-state index is 0.244. The van der Waals surface area contributed by atoms with Gasteiger partial charge in [-0.3, -0.25) is 0 Å². The summed E-state index contributed by atoms with van der Waals surface area (Å²) in [5, 5.41) is 5.73. The van der Waals surface area contributed by atoms with Gasteiger partial charge in [-0.25, -0.2) is 0 Å². The van der Waals surface area contributed by atoms with Crippen molar-refractivity contribution in [1.29, 1.82) is 0 Å². The van der Waals surface area contributed by atoms with Gasteiger partial charge in [0.25, 0.3) is 0 Å². The summed E-state index contributed by atoms with van der Waals surface area (Å²) in [5.41, 5.74) is 8.33. The molecular formula is C15H17InN3O2. The van der Waals surface area contributed by atoms with E-state index in [-0.39, 0.29) is 11.8 Å². The van der Waals surface area contributed by atoms with Gasteiger partial charge in [0.05, 0.1) is 0 Å². The quantitative estimate of drug-likeness (QED) is 0.528. The third-order valence-electron chi connectivity index (χ3n) is 3.89. The molecule has 1 aromatic carbocycles. The molecule has 21 heavy (non-hydrogen) atoms. The summed E-state index contributed by atoms with van der Waals surface area (Å²) >= 11 is -0.587. The first-order valence-electron chi connectivity index (χ1n) is 7.14. The number of hydrogen-bond donors (Lipinski definition) is 3. The van der Waals surface area contributed by atoms with Crippen LogP contribution in [0.4, 0.5) is 5.69 Å². The van der Waals surface area contributed by atoms with Gasteiger partial charge in [-0.05, 0) is 0 Å². The fourth-order valence-electron chi connectivity index (χ4n) is 2.86. The number of amides is 2. The third kappa shape index (κ3) is 3.10. The second kappa shape index (κ2) is 6.13. The van der Waals surface area contributed by atoms with Crippen molar-refractivity contribution in [2.75, 3.05) is 5.73 Å². The van der Waals surface area contributed by atoms with E-state index in [2.05, 4.69) is 14.5 Å². The van der Waals surface area contributed by atoms with E-state index in [1.54, 1.807) is 12.1 Å². The average molecular weight is 386 g/mol. The fourth-order valence-corrected chi connectivity index (χ4v) is 6.16. The van der Waals surface area contributed by atoms with Crippen LogP contribution in [0.5, 0.6) is 0 Å². The van der Waals surface area contributed by atoms with Gasteiger partial charge >= 0.3 is 135 Å². The van der Waals surface area contributed by atoms with Crippen molar-refractivity contribution < 1.29 is 9.59 Å². The van der Waals surface area contributed by atoms with E-state index in [1.165, 1.54) is 10.6 Å². The van der Waals surface area contributed by atoms with E-state index in [0.717, 1.165) is 17.7 Å². The first-order chi connectivity index (χ1) is 10.1. The number of carbonyl (C=O) groups excluding carboxylic acids is 2. The third-order valence-corrected chi connectivity index (χ3v) is 7.83. The van der Waals surface area contributed by atoms with E-state index in [1.807, 2.05) is 12.1 Å². The molecule has 0 aromatic heterocycles. The number of rotatable bonds is 3. The normalized spacial score (nSPS) is 25.0. The average Bonchev–Trinajstić information content (AvgIpc) is 2.74. The molecule has 0 bridgehead atoms. The fraction of sp³-hybridized carbons (Fsp3) is 0.333. The molecule has 2 aliphatic heterocycles. The number of hydrogen-bond acceptors (Lipinski definition) is 4. The molecule has 1 saturated heterocycles. The maximum absolute atomic E-state index is 12.1. The summed E-state index contributed by atoms with van der Waals surface area (Å²) in [6.45, 7) is 0. The monoisotopic (exact) mass is 386 g/mol. The molecule has 1 aromatic rings. The van der Waals surface area contributed by atoms with Crippen molar-refractivity contribution in [3.63, 3.8) is 0 Å². The predicted octanol–water partition coefficient (Wildman–Crippen LogP) is 0.725. The summed E-state index contributed by atoms with van der Waals surface area (Å²) in [5.74, 6) is -0.996. The van der Waals surface area contributed by atoms with Crippen LogP contribution in [-0.4, -0.2) is 40.8 Å². The predicted molar refractivity (Wildman–Crippen MR) is 81.5 cm³/mol. The Balaban J connectivity index is 1.87. The Morgan fingerprint density at radius 3 is 2.86 bits per heavy atom. The summed E-state index contributed by atoms with van der Waals surface area (Å²) in [6, 6.07) is 6.68. The Hall–Kier alpha value is -1.43. The van der Waals surface area contributed by atoms with Crippen LogP contribution in [0, 0.1) is 0 Å². The molecule has 1 radical (unpaired) electrons. The van der Waals surface area contributed by atoms with Crippen molar-refractivity contribution in [3.05, 3.63) is 39.4 Å². The van der Waals surface area contributed by atoms with Crippen LogP contribution in [0.2, 0.25) is 4.18 Å². The molecule has 5 nitrogen and oxygen atoms in total. The van der Waals surface area contributed by atoms with Gasteiger partial charge in [0, 0.05) is 0 Å². The Kier molecular flexibility index (Phi) is 4.24. The molecule has 1 fully saturated rings. The van der Waals surface area contributed by atoms with Gasteiger partial charge in [-0.2, -0.15) is 0 Å². The number of imide groups is 1. The molecule has 2 atom stereocenters. The molecule has 4 N–H and O–H groups in total. The molecule has 2 amide bonds. The topological polar surface area (TPSA) is 84.2 Å². The van der Waals surface area contributed by atoms with Crippen molar-refractivity contribution in [3.8, 4) is 0 Å². The molecule has 0 saturated carbocycles. The summed E-state index contributed by atoms with van der Waals surface area (Å²) in [6.07, 6.45) is 2.18. The Morgan fingerprint density at radius 2 is 2.14 bits per heavy atom. The van der Waals surface area contributed by atoms with E-state index in [4.69, 9.17) is 5.73 Å². The molecule has 3 rings (SSSR count). The van der Waals surface area contributed by atoms with Crippen LogP contribution in [-0.2, 0) is 9.59 Å². The number of nitrogens with two attached hydrogens (primary N) is 1. The van der Waals surface area contributed by atoms with Crippen LogP contribution < -0.4 is 16.4 Å². The number of nitrogen functional groups attached to an aromatic ring is 1. The van der Waals surface area contributed by atoms with Crippen molar-refractivity contribution in [2.24, 2.45) is 0 Å². The van der Waals surface area contributed by atoms with Crippen LogP contribution in [0.15, 0.2) is 33.8 Å². The van der Waals surface area contributed by atoms with Crippen molar-refractivity contribution in [2.45, 2.75) is 29.0 Å². The summed E-state index contributed by atoms with van der Waals surface area (Å²) in [7, 11) is 0. The molecule has 2 heterocycles. The number of allylic oxidation sites excluding steroid dienone is 1. The molecule has 2 aliphatic rings. The van der Waals surface area contributed by atoms with Crippen LogP contribution in [0.25, 0.3) is 0 Å².